The van der Waals surface area contributed by atoms with Crippen LogP contribution in [-0.2, 0) is 6.42 Å². The van der Waals surface area contributed by atoms with E-state index >= 15 is 0 Å². The standard InChI is InChI=1S/C15H23NO2.ClH/c1-4-5-13-6-8-15(9-7-13)18-11-14(17)10-16-12(2)3;/h4,6-9,12,14,16-17H,1,5,10-11H2,2-3H3;1H. The highest BCUT2D eigenvalue weighted by atomic mass is 35.5. The van der Waals surface area contributed by atoms with Gasteiger partial charge in [0.1, 0.15) is 18.5 Å². The summed E-state index contributed by atoms with van der Waals surface area (Å²) in [4.78, 5) is 0. The van der Waals surface area contributed by atoms with Crippen molar-refractivity contribution in [2.45, 2.75) is 32.4 Å². The van der Waals surface area contributed by atoms with Gasteiger partial charge in [-0.15, -0.1) is 19.0 Å². The average Bonchev–Trinajstić information content (AvgIpc) is 2.36. The predicted octanol–water partition coefficient (Wildman–Crippen LogP) is 2.57. The third kappa shape index (κ3) is 7.88. The van der Waals surface area contributed by atoms with Crippen molar-refractivity contribution in [1.29, 1.82) is 0 Å². The first-order chi connectivity index (χ1) is 8.61. The number of allylic oxidation sites excluding steroid dienone is 1. The fourth-order valence-corrected chi connectivity index (χ4v) is 1.51. The fourth-order valence-electron chi connectivity index (χ4n) is 1.51. The summed E-state index contributed by atoms with van der Waals surface area (Å²) in [6.45, 7) is 8.65. The minimum Gasteiger partial charge on any atom is -0.491 e. The minimum atomic E-state index is -0.486. The zero-order chi connectivity index (χ0) is 13.4. The molecular formula is C15H24ClNO2. The molecule has 4 heteroatoms. The van der Waals surface area contributed by atoms with Crippen LogP contribution in [0.2, 0.25) is 0 Å². The lowest BCUT2D eigenvalue weighted by Gasteiger charge is -2.15. The quantitative estimate of drug-likeness (QED) is 0.722. The molecule has 19 heavy (non-hydrogen) atoms. The molecule has 0 spiro atoms. The number of aliphatic hydroxyl groups excluding tert-OH is 1. The molecule has 0 amide bonds. The molecule has 0 aliphatic rings. The van der Waals surface area contributed by atoms with E-state index < -0.39 is 6.10 Å². The van der Waals surface area contributed by atoms with Crippen LogP contribution in [0.3, 0.4) is 0 Å². The molecule has 0 heterocycles. The number of halogens is 1. The Morgan fingerprint density at radius 1 is 1.32 bits per heavy atom. The van der Waals surface area contributed by atoms with Gasteiger partial charge >= 0.3 is 0 Å². The predicted molar refractivity (Wildman–Crippen MR) is 82.2 cm³/mol. The normalized spacial score (nSPS) is 11.8. The van der Waals surface area contributed by atoms with Gasteiger partial charge in [-0.25, -0.2) is 0 Å². The van der Waals surface area contributed by atoms with Gasteiger partial charge in [-0.3, -0.25) is 0 Å². The van der Waals surface area contributed by atoms with E-state index in [0.717, 1.165) is 12.2 Å². The topological polar surface area (TPSA) is 41.5 Å². The largest absolute Gasteiger partial charge is 0.491 e. The first-order valence-electron chi connectivity index (χ1n) is 6.36. The molecule has 1 aromatic rings. The van der Waals surface area contributed by atoms with Crippen LogP contribution < -0.4 is 10.1 Å². The molecular weight excluding hydrogens is 262 g/mol. The van der Waals surface area contributed by atoms with Crippen LogP contribution in [0.15, 0.2) is 36.9 Å². The average molecular weight is 286 g/mol. The Kier molecular flexibility index (Phi) is 9.31. The maximum atomic E-state index is 9.70. The Balaban J connectivity index is 0.00000324. The van der Waals surface area contributed by atoms with E-state index in [9.17, 15) is 5.11 Å². The van der Waals surface area contributed by atoms with E-state index in [1.54, 1.807) is 0 Å². The first kappa shape index (κ1) is 18.0. The van der Waals surface area contributed by atoms with Crippen molar-refractivity contribution in [3.8, 4) is 5.75 Å². The third-order valence-corrected chi connectivity index (χ3v) is 2.51. The second kappa shape index (κ2) is 9.84. The molecule has 108 valence electrons. The zero-order valence-electron chi connectivity index (χ0n) is 11.6. The molecule has 1 unspecified atom stereocenters. The Morgan fingerprint density at radius 3 is 2.47 bits per heavy atom. The van der Waals surface area contributed by atoms with Gasteiger partial charge in [-0.2, -0.15) is 0 Å². The van der Waals surface area contributed by atoms with Gasteiger partial charge in [0.2, 0.25) is 0 Å². The van der Waals surface area contributed by atoms with Crippen LogP contribution in [0.1, 0.15) is 19.4 Å². The molecule has 0 aromatic heterocycles. The molecule has 0 bridgehead atoms. The molecule has 0 saturated carbocycles. The zero-order valence-corrected chi connectivity index (χ0v) is 12.5. The van der Waals surface area contributed by atoms with E-state index in [0.29, 0.717) is 19.2 Å². The molecule has 1 rings (SSSR count). The van der Waals surface area contributed by atoms with E-state index in [-0.39, 0.29) is 12.4 Å². The van der Waals surface area contributed by atoms with Gasteiger partial charge < -0.3 is 15.2 Å². The summed E-state index contributed by atoms with van der Waals surface area (Å²) in [5, 5.41) is 12.9. The molecule has 0 fully saturated rings. The van der Waals surface area contributed by atoms with Crippen LogP contribution in [0.5, 0.6) is 5.75 Å². The monoisotopic (exact) mass is 285 g/mol. The molecule has 2 N–H and O–H groups in total. The van der Waals surface area contributed by atoms with Crippen molar-refractivity contribution in [3.63, 3.8) is 0 Å². The molecule has 3 nitrogen and oxygen atoms in total. The highest BCUT2D eigenvalue weighted by Gasteiger charge is 2.05. The van der Waals surface area contributed by atoms with Crippen molar-refractivity contribution < 1.29 is 9.84 Å². The van der Waals surface area contributed by atoms with Crippen LogP contribution in [0, 0.1) is 0 Å². The van der Waals surface area contributed by atoms with Crippen LogP contribution in [-0.4, -0.2) is 30.4 Å². The van der Waals surface area contributed by atoms with Crippen molar-refractivity contribution >= 4 is 12.4 Å². The Bertz CT molecular complexity index is 352. The van der Waals surface area contributed by atoms with Crippen LogP contribution in [0.4, 0.5) is 0 Å². The van der Waals surface area contributed by atoms with Crippen LogP contribution in [0.25, 0.3) is 0 Å². The van der Waals surface area contributed by atoms with Gasteiger partial charge in [0.25, 0.3) is 0 Å². The number of hydrogen-bond acceptors (Lipinski definition) is 3. The van der Waals surface area contributed by atoms with Gasteiger partial charge in [0, 0.05) is 12.6 Å². The molecule has 0 radical (unpaired) electrons. The maximum absolute atomic E-state index is 9.70. The highest BCUT2D eigenvalue weighted by molar-refractivity contribution is 5.85. The van der Waals surface area contributed by atoms with Crippen molar-refractivity contribution in [2.75, 3.05) is 13.2 Å². The molecule has 0 saturated heterocycles. The van der Waals surface area contributed by atoms with E-state index in [2.05, 4.69) is 11.9 Å². The Morgan fingerprint density at radius 2 is 1.95 bits per heavy atom. The summed E-state index contributed by atoms with van der Waals surface area (Å²) < 4.78 is 5.52. The van der Waals surface area contributed by atoms with Gasteiger partial charge in [-0.1, -0.05) is 32.1 Å². The number of benzene rings is 1. The maximum Gasteiger partial charge on any atom is 0.119 e. The highest BCUT2D eigenvalue weighted by Crippen LogP contribution is 2.12. The van der Waals surface area contributed by atoms with Gasteiger partial charge in [0.05, 0.1) is 0 Å². The number of nitrogens with one attached hydrogen (secondary N) is 1. The summed E-state index contributed by atoms with van der Waals surface area (Å²) in [6.07, 6.45) is 2.25. The van der Waals surface area contributed by atoms with Crippen molar-refractivity contribution in [3.05, 3.63) is 42.5 Å². The smallest absolute Gasteiger partial charge is 0.119 e. The Labute approximate surface area is 122 Å². The van der Waals surface area contributed by atoms with Crippen LogP contribution >= 0.6 is 12.4 Å². The Hall–Kier alpha value is -1.03. The molecule has 1 atom stereocenters. The first-order valence-corrected chi connectivity index (χ1v) is 6.36. The molecule has 0 aliphatic heterocycles. The number of aliphatic hydroxyl groups is 1. The summed E-state index contributed by atoms with van der Waals surface area (Å²) in [5.41, 5.74) is 1.21. The third-order valence-electron chi connectivity index (χ3n) is 2.51. The van der Waals surface area contributed by atoms with Crippen molar-refractivity contribution in [1.82, 2.24) is 5.32 Å². The number of ether oxygens (including phenoxy) is 1. The van der Waals surface area contributed by atoms with Crippen molar-refractivity contribution in [2.24, 2.45) is 0 Å². The second-order valence-corrected chi connectivity index (χ2v) is 4.66. The van der Waals surface area contributed by atoms with E-state index in [1.165, 1.54) is 5.56 Å². The lowest BCUT2D eigenvalue weighted by molar-refractivity contribution is 0.104. The lowest BCUT2D eigenvalue weighted by atomic mass is 10.1. The SMILES string of the molecule is C=CCc1ccc(OCC(O)CNC(C)C)cc1.Cl. The fraction of sp³-hybridized carbons (Fsp3) is 0.467. The van der Waals surface area contributed by atoms with Gasteiger partial charge in [0.15, 0.2) is 0 Å². The summed E-state index contributed by atoms with van der Waals surface area (Å²) in [7, 11) is 0. The number of rotatable bonds is 8. The summed E-state index contributed by atoms with van der Waals surface area (Å²) in [5.74, 6) is 0.784. The number of hydrogen-bond donors (Lipinski definition) is 2. The molecule has 0 aliphatic carbocycles. The second-order valence-electron chi connectivity index (χ2n) is 4.66. The summed E-state index contributed by atoms with van der Waals surface area (Å²) in [6, 6.07) is 8.23. The minimum absolute atomic E-state index is 0. The molecule has 1 aromatic carbocycles. The lowest BCUT2D eigenvalue weighted by Crippen LogP contribution is -2.35. The van der Waals surface area contributed by atoms with E-state index in [1.807, 2.05) is 44.2 Å². The van der Waals surface area contributed by atoms with Gasteiger partial charge in [-0.05, 0) is 24.1 Å². The summed E-state index contributed by atoms with van der Waals surface area (Å²) >= 11 is 0. The van der Waals surface area contributed by atoms with E-state index in [4.69, 9.17) is 4.74 Å².